The normalized spacial score (nSPS) is 12.1. The maximum atomic E-state index is 13.9. The molecule has 0 saturated carbocycles. The summed E-state index contributed by atoms with van der Waals surface area (Å²) in [6.07, 6.45) is 0. The number of benzene rings is 3. The molecule has 0 aliphatic carbocycles. The number of carbonyl (C=O) groups is 2. The van der Waals surface area contributed by atoms with Gasteiger partial charge in [0.25, 0.3) is 10.0 Å². The second kappa shape index (κ2) is 12.9. The summed E-state index contributed by atoms with van der Waals surface area (Å²) in [6.45, 7) is 8.89. The third kappa shape index (κ3) is 7.32. The Kier molecular flexibility index (Phi) is 10.0. The third-order valence-corrected chi connectivity index (χ3v) is 8.92. The molecule has 0 aromatic heterocycles. The van der Waals surface area contributed by atoms with Crippen LogP contribution >= 0.6 is 23.2 Å². The number of likely N-dealkylation sites (N-methyl/N-ethyl adjacent to an activating group) is 1. The van der Waals surface area contributed by atoms with Crippen LogP contribution in [0.25, 0.3) is 0 Å². The van der Waals surface area contributed by atoms with Gasteiger partial charge in [-0.25, -0.2) is 8.42 Å². The van der Waals surface area contributed by atoms with Crippen molar-refractivity contribution < 1.29 is 18.0 Å². The maximum Gasteiger partial charge on any atom is 0.264 e. The first-order valence-corrected chi connectivity index (χ1v) is 14.7. The van der Waals surface area contributed by atoms with E-state index in [-0.39, 0.29) is 17.3 Å². The fourth-order valence-corrected chi connectivity index (χ4v) is 5.86. The second-order valence-electron chi connectivity index (χ2n) is 9.42. The molecule has 3 aromatic carbocycles. The Morgan fingerprint density at radius 1 is 0.923 bits per heavy atom. The van der Waals surface area contributed by atoms with E-state index in [4.69, 9.17) is 23.2 Å². The molecule has 0 radical (unpaired) electrons. The average molecular weight is 591 g/mol. The molecule has 1 unspecified atom stereocenters. The van der Waals surface area contributed by atoms with Gasteiger partial charge < -0.3 is 10.2 Å². The molecule has 2 amide bonds. The molecule has 1 N–H and O–H groups in total. The molecule has 208 valence electrons. The zero-order valence-electron chi connectivity index (χ0n) is 22.7. The summed E-state index contributed by atoms with van der Waals surface area (Å²) >= 11 is 12.4. The Bertz CT molecular complexity index is 1460. The minimum Gasteiger partial charge on any atom is -0.355 e. The van der Waals surface area contributed by atoms with Gasteiger partial charge in [-0.05, 0) is 87.7 Å². The van der Waals surface area contributed by atoms with Crippen molar-refractivity contribution in [3.05, 3.63) is 93.0 Å². The molecule has 0 saturated heterocycles. The Balaban J connectivity index is 2.07. The van der Waals surface area contributed by atoms with Crippen LogP contribution in [0.15, 0.2) is 65.6 Å². The van der Waals surface area contributed by atoms with E-state index in [1.165, 1.54) is 17.0 Å². The van der Waals surface area contributed by atoms with Crippen LogP contribution in [0.3, 0.4) is 0 Å². The smallest absolute Gasteiger partial charge is 0.264 e. The minimum absolute atomic E-state index is 0.0154. The van der Waals surface area contributed by atoms with Crippen molar-refractivity contribution in [2.24, 2.45) is 0 Å². The van der Waals surface area contributed by atoms with Crippen LogP contribution in [0.4, 0.5) is 5.69 Å². The topological polar surface area (TPSA) is 86.8 Å². The highest BCUT2D eigenvalue weighted by Gasteiger charge is 2.32. The van der Waals surface area contributed by atoms with Crippen LogP contribution in [-0.4, -0.2) is 44.3 Å². The number of rotatable bonds is 10. The number of amides is 2. The average Bonchev–Trinajstić information content (AvgIpc) is 2.88. The highest BCUT2D eigenvalue weighted by Crippen LogP contribution is 2.28. The lowest BCUT2D eigenvalue weighted by Crippen LogP contribution is -2.51. The van der Waals surface area contributed by atoms with Gasteiger partial charge in [-0.2, -0.15) is 0 Å². The summed E-state index contributed by atoms with van der Waals surface area (Å²) in [4.78, 5) is 28.1. The van der Waals surface area contributed by atoms with E-state index in [0.717, 1.165) is 21.0 Å². The molecule has 0 heterocycles. The van der Waals surface area contributed by atoms with E-state index in [9.17, 15) is 18.0 Å². The molecule has 0 aliphatic heterocycles. The Morgan fingerprint density at radius 2 is 1.59 bits per heavy atom. The number of halogens is 2. The van der Waals surface area contributed by atoms with Crippen molar-refractivity contribution in [3.8, 4) is 0 Å². The Hall–Kier alpha value is -3.07. The van der Waals surface area contributed by atoms with E-state index in [1.807, 2.05) is 26.8 Å². The monoisotopic (exact) mass is 589 g/mol. The molecule has 3 aromatic rings. The first-order chi connectivity index (χ1) is 18.3. The van der Waals surface area contributed by atoms with E-state index in [1.54, 1.807) is 56.3 Å². The van der Waals surface area contributed by atoms with Gasteiger partial charge in [0, 0.05) is 23.1 Å². The lowest BCUT2D eigenvalue weighted by molar-refractivity contribution is -0.139. The van der Waals surface area contributed by atoms with Crippen molar-refractivity contribution in [3.63, 3.8) is 0 Å². The van der Waals surface area contributed by atoms with Gasteiger partial charge in [-0.15, -0.1) is 0 Å². The number of nitrogens with zero attached hydrogens (tertiary/aromatic N) is 2. The number of carbonyl (C=O) groups excluding carboxylic acids is 2. The first kappa shape index (κ1) is 30.5. The highest BCUT2D eigenvalue weighted by molar-refractivity contribution is 7.92. The number of nitrogens with one attached hydrogen (secondary N) is 1. The molecular formula is C29H33Cl2N3O4S. The van der Waals surface area contributed by atoms with Crippen LogP contribution in [0.1, 0.15) is 36.1 Å². The first-order valence-electron chi connectivity index (χ1n) is 12.5. The second-order valence-corrected chi connectivity index (χ2v) is 12.1. The number of anilines is 1. The molecule has 7 nitrogen and oxygen atoms in total. The molecule has 10 heteroatoms. The van der Waals surface area contributed by atoms with Crippen LogP contribution in [0.5, 0.6) is 0 Å². The van der Waals surface area contributed by atoms with E-state index in [0.29, 0.717) is 27.8 Å². The standard InChI is InChI=1S/C29H33Cl2N3O4S/c1-6-32-29(36)22(5)33(17-23-10-11-24(30)16-27(23)31)28(35)18-34(25-12-9-20(3)21(4)15-25)39(37,38)26-13-7-19(2)8-14-26/h7-16,22H,6,17-18H2,1-5H3,(H,32,36). The summed E-state index contributed by atoms with van der Waals surface area (Å²) in [5.74, 6) is -0.927. The summed E-state index contributed by atoms with van der Waals surface area (Å²) < 4.78 is 28.9. The predicted molar refractivity (Wildman–Crippen MR) is 157 cm³/mol. The molecule has 3 rings (SSSR count). The largest absolute Gasteiger partial charge is 0.355 e. The fourth-order valence-electron chi connectivity index (χ4n) is 3.98. The molecular weight excluding hydrogens is 557 g/mol. The van der Waals surface area contributed by atoms with Crippen molar-refractivity contribution in [1.29, 1.82) is 0 Å². The van der Waals surface area contributed by atoms with E-state index in [2.05, 4.69) is 5.32 Å². The summed E-state index contributed by atoms with van der Waals surface area (Å²) in [5.41, 5.74) is 3.70. The van der Waals surface area contributed by atoms with Crippen LogP contribution in [-0.2, 0) is 26.2 Å². The summed E-state index contributed by atoms with van der Waals surface area (Å²) in [7, 11) is -4.13. The fraction of sp³-hybridized carbons (Fsp3) is 0.310. The van der Waals surface area contributed by atoms with Crippen molar-refractivity contribution >= 4 is 50.7 Å². The van der Waals surface area contributed by atoms with Gasteiger partial charge in [0.1, 0.15) is 12.6 Å². The van der Waals surface area contributed by atoms with Crippen LogP contribution < -0.4 is 9.62 Å². The van der Waals surface area contributed by atoms with Gasteiger partial charge in [0.2, 0.25) is 11.8 Å². The highest BCUT2D eigenvalue weighted by atomic mass is 35.5. The lowest BCUT2D eigenvalue weighted by atomic mass is 10.1. The van der Waals surface area contributed by atoms with Crippen molar-refractivity contribution in [2.75, 3.05) is 17.4 Å². The SMILES string of the molecule is CCNC(=O)C(C)N(Cc1ccc(Cl)cc1Cl)C(=O)CN(c1ccc(C)c(C)c1)S(=O)(=O)c1ccc(C)cc1. The quantitative estimate of drug-likeness (QED) is 0.330. The van der Waals surface area contributed by atoms with Gasteiger partial charge in [0.15, 0.2) is 0 Å². The molecule has 39 heavy (non-hydrogen) atoms. The van der Waals surface area contributed by atoms with E-state index < -0.39 is 28.5 Å². The third-order valence-electron chi connectivity index (χ3n) is 6.54. The Labute approximate surface area is 240 Å². The van der Waals surface area contributed by atoms with Gasteiger partial charge in [-0.1, -0.05) is 53.0 Å². The number of hydrogen-bond acceptors (Lipinski definition) is 4. The van der Waals surface area contributed by atoms with Gasteiger partial charge in [0.05, 0.1) is 10.6 Å². The number of hydrogen-bond donors (Lipinski definition) is 1. The lowest BCUT2D eigenvalue weighted by Gasteiger charge is -2.32. The molecule has 1 atom stereocenters. The number of aryl methyl sites for hydroxylation is 3. The summed E-state index contributed by atoms with van der Waals surface area (Å²) in [5, 5.41) is 3.50. The van der Waals surface area contributed by atoms with Gasteiger partial charge in [-0.3, -0.25) is 13.9 Å². The zero-order chi connectivity index (χ0) is 28.9. The van der Waals surface area contributed by atoms with Crippen LogP contribution in [0, 0.1) is 20.8 Å². The molecule has 0 bridgehead atoms. The predicted octanol–water partition coefficient (Wildman–Crippen LogP) is 5.67. The molecule has 0 aliphatic rings. The number of sulfonamides is 1. The van der Waals surface area contributed by atoms with E-state index >= 15 is 0 Å². The van der Waals surface area contributed by atoms with Gasteiger partial charge >= 0.3 is 0 Å². The maximum absolute atomic E-state index is 13.9. The zero-order valence-corrected chi connectivity index (χ0v) is 25.0. The van der Waals surface area contributed by atoms with Crippen molar-refractivity contribution in [1.82, 2.24) is 10.2 Å². The van der Waals surface area contributed by atoms with Crippen LogP contribution in [0.2, 0.25) is 10.0 Å². The Morgan fingerprint density at radius 3 is 2.18 bits per heavy atom. The summed E-state index contributed by atoms with van der Waals surface area (Å²) in [6, 6.07) is 15.7. The minimum atomic E-state index is -4.13. The molecule has 0 fully saturated rings. The molecule has 0 spiro atoms. The van der Waals surface area contributed by atoms with Crippen molar-refractivity contribution in [2.45, 2.75) is 52.1 Å².